The molecule has 1 N–H and O–H groups in total. The Morgan fingerprint density at radius 3 is 1.52 bits per heavy atom. The number of carbonyl (C=O) groups excluding carboxylic acids is 3. The van der Waals surface area contributed by atoms with E-state index in [0.717, 1.165) is 6.08 Å². The standard InChI is InChI=1S/C8H14O4.C5H6O4/c1-11-7(9)5-3-4-6-8(10)12-2;1-9-5(8)3-2-4(6)7/h3-6H2,1-2H3;2-3H,1H3,(H,6,7)/b;3-2+. The Morgan fingerprint density at radius 1 is 0.810 bits per heavy atom. The van der Waals surface area contributed by atoms with E-state index in [2.05, 4.69) is 14.2 Å². The summed E-state index contributed by atoms with van der Waals surface area (Å²) in [7, 11) is 3.87. The number of rotatable bonds is 7. The van der Waals surface area contributed by atoms with Crippen LogP contribution in [0.2, 0.25) is 0 Å². The van der Waals surface area contributed by atoms with E-state index < -0.39 is 11.9 Å². The highest BCUT2D eigenvalue weighted by Gasteiger charge is 2.02. The summed E-state index contributed by atoms with van der Waals surface area (Å²) in [5.74, 6) is -2.31. The first kappa shape index (κ1) is 20.9. The first-order chi connectivity index (χ1) is 9.87. The second-order valence-electron chi connectivity index (χ2n) is 3.55. The summed E-state index contributed by atoms with van der Waals surface area (Å²) in [5, 5.41) is 7.96. The van der Waals surface area contributed by atoms with Crippen LogP contribution >= 0.6 is 0 Å². The van der Waals surface area contributed by atoms with Gasteiger partial charge in [0.25, 0.3) is 0 Å². The molecule has 0 heterocycles. The number of carboxylic acid groups (broad SMARTS) is 1. The van der Waals surface area contributed by atoms with E-state index in [4.69, 9.17) is 5.11 Å². The highest BCUT2D eigenvalue weighted by molar-refractivity contribution is 5.90. The molecule has 0 aliphatic rings. The Morgan fingerprint density at radius 2 is 1.24 bits per heavy atom. The molecule has 0 aromatic heterocycles. The van der Waals surface area contributed by atoms with Crippen LogP contribution in [0, 0.1) is 0 Å². The number of hydrogen-bond donors (Lipinski definition) is 1. The van der Waals surface area contributed by atoms with Crippen LogP contribution in [0.25, 0.3) is 0 Å². The van der Waals surface area contributed by atoms with E-state index in [0.29, 0.717) is 31.8 Å². The van der Waals surface area contributed by atoms with Crippen molar-refractivity contribution in [2.75, 3.05) is 21.3 Å². The fourth-order valence-corrected chi connectivity index (χ4v) is 0.950. The van der Waals surface area contributed by atoms with Gasteiger partial charge in [-0.1, -0.05) is 0 Å². The number of aliphatic carboxylic acids is 1. The minimum absolute atomic E-state index is 0.236. The van der Waals surface area contributed by atoms with Crippen LogP contribution in [0.3, 0.4) is 0 Å². The van der Waals surface area contributed by atoms with Gasteiger partial charge in [-0.3, -0.25) is 9.59 Å². The van der Waals surface area contributed by atoms with Crippen LogP contribution in [0.1, 0.15) is 25.7 Å². The smallest absolute Gasteiger partial charge is 0.330 e. The molecule has 0 aromatic rings. The van der Waals surface area contributed by atoms with Crippen molar-refractivity contribution in [2.45, 2.75) is 25.7 Å². The van der Waals surface area contributed by atoms with E-state index in [9.17, 15) is 19.2 Å². The summed E-state index contributed by atoms with van der Waals surface area (Å²) in [4.78, 5) is 41.0. The third-order valence-electron chi connectivity index (χ3n) is 2.03. The number of methoxy groups -OCH3 is 3. The molecule has 0 aliphatic heterocycles. The van der Waals surface area contributed by atoms with Gasteiger partial charge in [0.2, 0.25) is 0 Å². The van der Waals surface area contributed by atoms with Crippen molar-refractivity contribution in [3.05, 3.63) is 12.2 Å². The summed E-state index contributed by atoms with van der Waals surface area (Å²) >= 11 is 0. The van der Waals surface area contributed by atoms with E-state index in [-0.39, 0.29) is 11.9 Å². The molecule has 0 radical (unpaired) electrons. The lowest BCUT2D eigenvalue weighted by Gasteiger charge is -1.98. The van der Waals surface area contributed by atoms with Crippen LogP contribution < -0.4 is 0 Å². The molecular weight excluding hydrogens is 284 g/mol. The molecule has 0 aliphatic carbocycles. The number of ether oxygens (including phenoxy) is 3. The topological polar surface area (TPSA) is 116 Å². The molecular formula is C13H20O8. The molecule has 8 nitrogen and oxygen atoms in total. The molecule has 0 aromatic carbocycles. The Balaban J connectivity index is 0. The maximum Gasteiger partial charge on any atom is 0.330 e. The molecule has 0 saturated carbocycles. The minimum atomic E-state index is -1.17. The van der Waals surface area contributed by atoms with Crippen molar-refractivity contribution < 1.29 is 38.5 Å². The average molecular weight is 304 g/mol. The van der Waals surface area contributed by atoms with Crippen molar-refractivity contribution in [3.8, 4) is 0 Å². The van der Waals surface area contributed by atoms with Crippen LogP contribution in [0.15, 0.2) is 12.2 Å². The van der Waals surface area contributed by atoms with Crippen LogP contribution in [0.5, 0.6) is 0 Å². The van der Waals surface area contributed by atoms with Gasteiger partial charge in [0, 0.05) is 25.0 Å². The molecule has 0 unspecified atom stereocenters. The highest BCUT2D eigenvalue weighted by Crippen LogP contribution is 2.01. The Kier molecular flexibility index (Phi) is 14.0. The SMILES string of the molecule is COC(=O)/C=C/C(=O)O.COC(=O)CCCCC(=O)OC. The second-order valence-corrected chi connectivity index (χ2v) is 3.55. The lowest BCUT2D eigenvalue weighted by Crippen LogP contribution is -2.02. The Hall–Kier alpha value is -2.38. The summed E-state index contributed by atoms with van der Waals surface area (Å²) in [6.07, 6.45) is 3.62. The zero-order valence-corrected chi connectivity index (χ0v) is 12.3. The van der Waals surface area contributed by atoms with E-state index in [1.54, 1.807) is 0 Å². The fraction of sp³-hybridized carbons (Fsp3) is 0.538. The molecule has 0 amide bonds. The van der Waals surface area contributed by atoms with Gasteiger partial charge in [0.1, 0.15) is 0 Å². The number of carbonyl (C=O) groups is 4. The molecule has 8 heteroatoms. The predicted octanol–water partition coefficient (Wildman–Crippen LogP) is 0.693. The predicted molar refractivity (Wildman–Crippen MR) is 71.3 cm³/mol. The van der Waals surface area contributed by atoms with Gasteiger partial charge in [-0.2, -0.15) is 0 Å². The van der Waals surface area contributed by atoms with Crippen molar-refractivity contribution in [1.82, 2.24) is 0 Å². The number of carboxylic acids is 1. The Bertz CT molecular complexity index is 354. The molecule has 0 rings (SSSR count). The Labute approximate surface area is 122 Å². The van der Waals surface area contributed by atoms with Crippen LogP contribution in [-0.2, 0) is 33.4 Å². The molecule has 0 spiro atoms. The largest absolute Gasteiger partial charge is 0.478 e. The van der Waals surface area contributed by atoms with Gasteiger partial charge in [-0.25, -0.2) is 9.59 Å². The molecule has 0 bridgehead atoms. The number of hydrogen-bond acceptors (Lipinski definition) is 7. The van der Waals surface area contributed by atoms with E-state index >= 15 is 0 Å². The molecule has 0 saturated heterocycles. The summed E-state index contributed by atoms with van der Waals surface area (Å²) in [6.45, 7) is 0. The van der Waals surface area contributed by atoms with Gasteiger partial charge in [0.05, 0.1) is 21.3 Å². The monoisotopic (exact) mass is 304 g/mol. The zero-order chi connectivity index (χ0) is 16.7. The zero-order valence-electron chi connectivity index (χ0n) is 12.3. The maximum absolute atomic E-state index is 10.6. The molecule has 0 fully saturated rings. The maximum atomic E-state index is 10.6. The number of esters is 3. The van der Waals surface area contributed by atoms with Gasteiger partial charge in [0.15, 0.2) is 0 Å². The normalized spacial score (nSPS) is 9.29. The van der Waals surface area contributed by atoms with Gasteiger partial charge in [-0.15, -0.1) is 0 Å². The molecule has 21 heavy (non-hydrogen) atoms. The summed E-state index contributed by atoms with van der Waals surface area (Å²) < 4.78 is 13.0. The third-order valence-corrected chi connectivity index (χ3v) is 2.03. The van der Waals surface area contributed by atoms with E-state index in [1.807, 2.05) is 0 Å². The first-order valence-electron chi connectivity index (χ1n) is 6.00. The van der Waals surface area contributed by atoms with Gasteiger partial charge < -0.3 is 19.3 Å². The summed E-state index contributed by atoms with van der Waals surface area (Å²) in [6, 6.07) is 0. The number of unbranched alkanes of at least 4 members (excludes halogenated alkanes) is 1. The van der Waals surface area contributed by atoms with Crippen LogP contribution in [0.4, 0.5) is 0 Å². The average Bonchev–Trinajstić information content (AvgIpc) is 2.48. The summed E-state index contributed by atoms with van der Waals surface area (Å²) in [5.41, 5.74) is 0. The highest BCUT2D eigenvalue weighted by atomic mass is 16.5. The molecule has 0 atom stereocenters. The molecule has 120 valence electrons. The van der Waals surface area contributed by atoms with Gasteiger partial charge >= 0.3 is 23.9 Å². The van der Waals surface area contributed by atoms with Crippen molar-refractivity contribution in [1.29, 1.82) is 0 Å². The quantitative estimate of drug-likeness (QED) is 0.316. The first-order valence-corrected chi connectivity index (χ1v) is 6.00. The van der Waals surface area contributed by atoms with Gasteiger partial charge in [-0.05, 0) is 12.8 Å². The van der Waals surface area contributed by atoms with Crippen LogP contribution in [-0.4, -0.2) is 50.3 Å². The minimum Gasteiger partial charge on any atom is -0.478 e. The lowest BCUT2D eigenvalue weighted by molar-refractivity contribution is -0.142. The van der Waals surface area contributed by atoms with Crippen molar-refractivity contribution >= 4 is 23.9 Å². The second kappa shape index (κ2) is 14.0. The van der Waals surface area contributed by atoms with E-state index in [1.165, 1.54) is 21.3 Å². The van der Waals surface area contributed by atoms with Crippen molar-refractivity contribution in [2.24, 2.45) is 0 Å². The third kappa shape index (κ3) is 17.6. The lowest BCUT2D eigenvalue weighted by atomic mass is 10.2. The van der Waals surface area contributed by atoms with Crippen molar-refractivity contribution in [3.63, 3.8) is 0 Å². The fourth-order valence-electron chi connectivity index (χ4n) is 0.950.